The minimum absolute atomic E-state index is 0.189. The first-order valence-corrected chi connectivity index (χ1v) is 7.32. The van der Waals surface area contributed by atoms with Crippen LogP contribution in [0.15, 0.2) is 30.3 Å². The predicted octanol–water partition coefficient (Wildman–Crippen LogP) is 3.39. The van der Waals surface area contributed by atoms with E-state index in [4.69, 9.17) is 0 Å². The molecular formula is C17H29NO. The summed E-state index contributed by atoms with van der Waals surface area (Å²) in [7, 11) is 0. The summed E-state index contributed by atoms with van der Waals surface area (Å²) in [6.07, 6.45) is 2.78. The van der Waals surface area contributed by atoms with E-state index in [2.05, 4.69) is 57.3 Å². The summed E-state index contributed by atoms with van der Waals surface area (Å²) in [6, 6.07) is 11.0. The van der Waals surface area contributed by atoms with Crippen LogP contribution in [0.3, 0.4) is 0 Å². The maximum absolute atomic E-state index is 9.96. The van der Waals surface area contributed by atoms with E-state index in [1.165, 1.54) is 5.56 Å². The molecule has 0 heterocycles. The van der Waals surface area contributed by atoms with Gasteiger partial charge in [0.05, 0.1) is 6.10 Å². The van der Waals surface area contributed by atoms with Crippen LogP contribution in [0.25, 0.3) is 0 Å². The standard InChI is InChI=1S/C17H29NO/c1-14(10-11-15-8-6-5-7-9-15)18-13-16(19)12-17(2,3)4/h5-9,14,16,18-19H,10-13H2,1-4H3. The molecule has 0 radical (unpaired) electrons. The molecule has 1 aromatic carbocycles. The van der Waals surface area contributed by atoms with E-state index in [-0.39, 0.29) is 11.5 Å². The number of benzene rings is 1. The summed E-state index contributed by atoms with van der Waals surface area (Å²) in [5.74, 6) is 0. The quantitative estimate of drug-likeness (QED) is 0.790. The molecule has 2 N–H and O–H groups in total. The molecule has 2 heteroatoms. The van der Waals surface area contributed by atoms with Crippen LogP contribution >= 0.6 is 0 Å². The van der Waals surface area contributed by atoms with Crippen molar-refractivity contribution in [3.05, 3.63) is 35.9 Å². The molecule has 19 heavy (non-hydrogen) atoms. The minimum Gasteiger partial charge on any atom is -0.392 e. The highest BCUT2D eigenvalue weighted by Crippen LogP contribution is 2.20. The Labute approximate surface area is 118 Å². The zero-order chi connectivity index (χ0) is 14.3. The average Bonchev–Trinajstić information content (AvgIpc) is 2.33. The Bertz CT molecular complexity index is 342. The third-order valence-corrected chi connectivity index (χ3v) is 3.26. The van der Waals surface area contributed by atoms with Crippen LogP contribution in [0.1, 0.15) is 46.1 Å². The normalized spacial score (nSPS) is 15.2. The van der Waals surface area contributed by atoms with Crippen molar-refractivity contribution < 1.29 is 5.11 Å². The van der Waals surface area contributed by atoms with E-state index in [9.17, 15) is 5.11 Å². The second-order valence-corrected chi connectivity index (χ2v) is 6.75. The van der Waals surface area contributed by atoms with E-state index in [0.717, 1.165) is 19.3 Å². The van der Waals surface area contributed by atoms with Crippen molar-refractivity contribution in [2.45, 2.75) is 59.1 Å². The van der Waals surface area contributed by atoms with Crippen molar-refractivity contribution in [2.75, 3.05) is 6.54 Å². The van der Waals surface area contributed by atoms with Gasteiger partial charge < -0.3 is 10.4 Å². The molecule has 0 bridgehead atoms. The molecule has 2 unspecified atom stereocenters. The van der Waals surface area contributed by atoms with E-state index in [0.29, 0.717) is 12.6 Å². The van der Waals surface area contributed by atoms with Gasteiger partial charge >= 0.3 is 0 Å². The van der Waals surface area contributed by atoms with Crippen LogP contribution in [0.5, 0.6) is 0 Å². The highest BCUT2D eigenvalue weighted by atomic mass is 16.3. The Morgan fingerprint density at radius 1 is 1.16 bits per heavy atom. The van der Waals surface area contributed by atoms with Gasteiger partial charge in [0.25, 0.3) is 0 Å². The molecule has 0 saturated carbocycles. The molecule has 0 fully saturated rings. The fourth-order valence-corrected chi connectivity index (χ4v) is 2.25. The zero-order valence-electron chi connectivity index (χ0n) is 12.8. The van der Waals surface area contributed by atoms with Crippen LogP contribution in [0.2, 0.25) is 0 Å². The minimum atomic E-state index is -0.251. The monoisotopic (exact) mass is 263 g/mol. The topological polar surface area (TPSA) is 32.3 Å². The lowest BCUT2D eigenvalue weighted by molar-refractivity contribution is 0.117. The Morgan fingerprint density at radius 3 is 2.37 bits per heavy atom. The molecule has 0 aliphatic carbocycles. The molecule has 0 aliphatic rings. The molecule has 1 rings (SSSR count). The van der Waals surface area contributed by atoms with Crippen molar-refractivity contribution in [1.29, 1.82) is 0 Å². The third kappa shape index (κ3) is 8.02. The number of hydrogen-bond donors (Lipinski definition) is 2. The highest BCUT2D eigenvalue weighted by Gasteiger charge is 2.16. The molecule has 108 valence electrons. The molecule has 2 nitrogen and oxygen atoms in total. The lowest BCUT2D eigenvalue weighted by Crippen LogP contribution is -2.35. The van der Waals surface area contributed by atoms with Gasteiger partial charge in [-0.15, -0.1) is 0 Å². The first-order valence-electron chi connectivity index (χ1n) is 7.32. The van der Waals surface area contributed by atoms with Crippen LogP contribution in [0.4, 0.5) is 0 Å². The van der Waals surface area contributed by atoms with Crippen molar-refractivity contribution in [1.82, 2.24) is 5.32 Å². The predicted molar refractivity (Wildman–Crippen MR) is 82.3 cm³/mol. The molecule has 0 saturated heterocycles. The molecule has 0 aromatic heterocycles. The van der Waals surface area contributed by atoms with E-state index in [1.54, 1.807) is 0 Å². The highest BCUT2D eigenvalue weighted by molar-refractivity contribution is 5.14. The lowest BCUT2D eigenvalue weighted by atomic mass is 9.89. The first kappa shape index (κ1) is 16.2. The van der Waals surface area contributed by atoms with Gasteiger partial charge in [0.15, 0.2) is 0 Å². The maximum Gasteiger partial charge on any atom is 0.0669 e. The number of nitrogens with one attached hydrogen (secondary N) is 1. The van der Waals surface area contributed by atoms with Crippen LogP contribution in [-0.2, 0) is 6.42 Å². The number of aryl methyl sites for hydroxylation is 1. The number of aliphatic hydroxyl groups is 1. The Morgan fingerprint density at radius 2 is 1.79 bits per heavy atom. The number of hydrogen-bond acceptors (Lipinski definition) is 2. The number of aliphatic hydroxyl groups excluding tert-OH is 1. The fourth-order valence-electron chi connectivity index (χ4n) is 2.25. The van der Waals surface area contributed by atoms with Crippen molar-refractivity contribution in [3.8, 4) is 0 Å². The van der Waals surface area contributed by atoms with E-state index >= 15 is 0 Å². The van der Waals surface area contributed by atoms with Crippen LogP contribution < -0.4 is 5.32 Å². The van der Waals surface area contributed by atoms with Crippen LogP contribution in [-0.4, -0.2) is 23.8 Å². The van der Waals surface area contributed by atoms with Gasteiger partial charge in [0.2, 0.25) is 0 Å². The maximum atomic E-state index is 9.96. The fraction of sp³-hybridized carbons (Fsp3) is 0.647. The third-order valence-electron chi connectivity index (χ3n) is 3.26. The molecule has 1 aromatic rings. The summed E-state index contributed by atoms with van der Waals surface area (Å²) in [6.45, 7) is 9.36. The van der Waals surface area contributed by atoms with Crippen molar-refractivity contribution in [2.24, 2.45) is 5.41 Å². The van der Waals surface area contributed by atoms with E-state index < -0.39 is 0 Å². The molecule has 2 atom stereocenters. The largest absolute Gasteiger partial charge is 0.392 e. The lowest BCUT2D eigenvalue weighted by Gasteiger charge is -2.24. The van der Waals surface area contributed by atoms with Crippen LogP contribution in [0, 0.1) is 5.41 Å². The Hall–Kier alpha value is -0.860. The van der Waals surface area contributed by atoms with Gasteiger partial charge in [-0.2, -0.15) is 0 Å². The van der Waals surface area contributed by atoms with Gasteiger partial charge in [0.1, 0.15) is 0 Å². The molecule has 0 amide bonds. The van der Waals surface area contributed by atoms with Gasteiger partial charge in [-0.25, -0.2) is 0 Å². The Kier molecular flexibility index (Phi) is 6.53. The van der Waals surface area contributed by atoms with Gasteiger partial charge in [0, 0.05) is 12.6 Å². The zero-order valence-corrected chi connectivity index (χ0v) is 12.8. The SMILES string of the molecule is CC(CCc1ccccc1)NCC(O)CC(C)(C)C. The van der Waals surface area contributed by atoms with Crippen molar-refractivity contribution >= 4 is 0 Å². The summed E-state index contributed by atoms with van der Waals surface area (Å²) < 4.78 is 0. The smallest absolute Gasteiger partial charge is 0.0669 e. The van der Waals surface area contributed by atoms with Gasteiger partial charge in [-0.1, -0.05) is 51.1 Å². The summed E-state index contributed by atoms with van der Waals surface area (Å²) in [5, 5.41) is 13.4. The molecular weight excluding hydrogens is 234 g/mol. The Balaban J connectivity index is 2.19. The van der Waals surface area contributed by atoms with E-state index in [1.807, 2.05) is 6.07 Å². The summed E-state index contributed by atoms with van der Waals surface area (Å²) in [4.78, 5) is 0. The average molecular weight is 263 g/mol. The second-order valence-electron chi connectivity index (χ2n) is 6.75. The van der Waals surface area contributed by atoms with Gasteiger partial charge in [-0.3, -0.25) is 0 Å². The molecule has 0 aliphatic heterocycles. The van der Waals surface area contributed by atoms with Gasteiger partial charge in [-0.05, 0) is 37.2 Å². The second kappa shape index (κ2) is 7.66. The summed E-state index contributed by atoms with van der Waals surface area (Å²) in [5.41, 5.74) is 1.57. The van der Waals surface area contributed by atoms with Crippen molar-refractivity contribution in [3.63, 3.8) is 0 Å². The molecule has 0 spiro atoms. The number of rotatable bonds is 7. The first-order chi connectivity index (χ1) is 8.87. The summed E-state index contributed by atoms with van der Waals surface area (Å²) >= 11 is 0.